The minimum Gasteiger partial charge on any atom is -0.383 e. The summed E-state index contributed by atoms with van der Waals surface area (Å²) in [6.07, 6.45) is 7.01. The molecule has 184 valence electrons. The summed E-state index contributed by atoms with van der Waals surface area (Å²) in [4.78, 5) is 24.5. The number of carbonyl (C=O) groups is 1. The van der Waals surface area contributed by atoms with Crippen LogP contribution >= 0.6 is 11.6 Å². The van der Waals surface area contributed by atoms with Crippen molar-refractivity contribution in [3.05, 3.63) is 71.8 Å². The van der Waals surface area contributed by atoms with E-state index in [0.717, 1.165) is 5.56 Å². The molecule has 2 N–H and O–H groups in total. The molecule has 2 heterocycles. The topological polar surface area (TPSA) is 93.2 Å². The summed E-state index contributed by atoms with van der Waals surface area (Å²) in [5.41, 5.74) is 8.52. The third kappa shape index (κ3) is 4.67. The molecule has 2 aromatic heterocycles. The Bertz CT molecular complexity index is 1460. The quantitative estimate of drug-likeness (QED) is 0.372. The van der Waals surface area contributed by atoms with E-state index in [1.54, 1.807) is 31.3 Å². The fourth-order valence-corrected chi connectivity index (χ4v) is 4.20. The van der Waals surface area contributed by atoms with Crippen molar-refractivity contribution in [2.75, 3.05) is 31.3 Å². The molecule has 0 unspecified atom stereocenters. The van der Waals surface area contributed by atoms with Crippen molar-refractivity contribution in [3.8, 4) is 16.9 Å². The number of rotatable bonds is 7. The van der Waals surface area contributed by atoms with Crippen LogP contribution in [0.2, 0.25) is 5.02 Å². The van der Waals surface area contributed by atoms with E-state index < -0.39 is 5.82 Å². The van der Waals surface area contributed by atoms with E-state index in [0.29, 0.717) is 40.0 Å². The lowest BCUT2D eigenvalue weighted by Gasteiger charge is -2.17. The fraction of sp³-hybridized carbons (Fsp3) is 0.231. The van der Waals surface area contributed by atoms with Crippen LogP contribution in [0.15, 0.2) is 60.9 Å². The van der Waals surface area contributed by atoms with Gasteiger partial charge in [-0.2, -0.15) is 5.10 Å². The molecular formula is C26H25ClFN7O. The monoisotopic (exact) mass is 505 g/mol. The van der Waals surface area contributed by atoms with Crippen LogP contribution in [-0.4, -0.2) is 57.2 Å². The number of aromatic nitrogens is 4. The zero-order chi connectivity index (χ0) is 25.4. The number of fused-ring (bicyclic) bond motifs is 1. The Balaban J connectivity index is 1.45. The highest BCUT2D eigenvalue weighted by Gasteiger charge is 2.25. The summed E-state index contributed by atoms with van der Waals surface area (Å²) in [5, 5.41) is 5.82. The summed E-state index contributed by atoms with van der Waals surface area (Å²) in [6, 6.07) is 12.3. The van der Waals surface area contributed by atoms with Gasteiger partial charge in [0.05, 0.1) is 16.8 Å². The van der Waals surface area contributed by atoms with E-state index in [-0.39, 0.29) is 17.4 Å². The maximum absolute atomic E-state index is 15.2. The second-order valence-corrected chi connectivity index (χ2v) is 9.27. The number of carbonyl (C=O) groups excluding carboxylic acids is 1. The van der Waals surface area contributed by atoms with Crippen LogP contribution in [0.4, 0.5) is 15.9 Å². The van der Waals surface area contributed by atoms with Crippen LogP contribution < -0.4 is 10.6 Å². The lowest BCUT2D eigenvalue weighted by molar-refractivity contribution is -0.113. The molecule has 0 aliphatic heterocycles. The first kappa shape index (κ1) is 23.9. The molecular weight excluding hydrogens is 481 g/mol. The first-order valence-corrected chi connectivity index (χ1v) is 11.9. The smallest absolute Gasteiger partial charge is 0.250 e. The summed E-state index contributed by atoms with van der Waals surface area (Å²) >= 11 is 6.04. The van der Waals surface area contributed by atoms with Crippen LogP contribution in [0.3, 0.4) is 0 Å². The molecule has 4 aromatic rings. The largest absolute Gasteiger partial charge is 0.383 e. The lowest BCUT2D eigenvalue weighted by Crippen LogP contribution is -2.26. The second-order valence-electron chi connectivity index (χ2n) is 8.83. The van der Waals surface area contributed by atoms with Gasteiger partial charge in [0.15, 0.2) is 5.65 Å². The molecule has 0 atom stereocenters. The molecule has 1 saturated carbocycles. The first-order valence-electron chi connectivity index (χ1n) is 11.5. The first-order chi connectivity index (χ1) is 17.3. The molecule has 8 nitrogen and oxygen atoms in total. The van der Waals surface area contributed by atoms with E-state index in [9.17, 15) is 4.79 Å². The maximum atomic E-state index is 15.2. The van der Waals surface area contributed by atoms with Gasteiger partial charge in [0.2, 0.25) is 0 Å². The van der Waals surface area contributed by atoms with E-state index in [4.69, 9.17) is 17.3 Å². The molecule has 2 aromatic carbocycles. The normalized spacial score (nSPS) is 13.7. The molecule has 1 amide bonds. The van der Waals surface area contributed by atoms with Crippen LogP contribution in [-0.2, 0) is 4.79 Å². The average molecular weight is 506 g/mol. The highest BCUT2D eigenvalue weighted by atomic mass is 35.5. The van der Waals surface area contributed by atoms with Crippen molar-refractivity contribution in [1.82, 2.24) is 24.6 Å². The van der Waals surface area contributed by atoms with E-state index in [1.807, 2.05) is 25.3 Å². The molecule has 0 saturated heterocycles. The number of amides is 1. The minimum atomic E-state index is -0.564. The van der Waals surface area contributed by atoms with Crippen LogP contribution in [0.25, 0.3) is 28.0 Å². The summed E-state index contributed by atoms with van der Waals surface area (Å²) in [6.45, 7) is 0.680. The van der Waals surface area contributed by atoms with Gasteiger partial charge in [0, 0.05) is 42.4 Å². The number of nitrogen functional groups attached to an aromatic ring is 1. The SMILES string of the molecule is CN(C(=O)C=CCN(C)C1CC1)c1ccc(-n2nc(-c3ccc(Cl)cc3)c3c(N)ncnc32)cc1F. The minimum absolute atomic E-state index is 0.160. The Morgan fingerprint density at radius 1 is 1.19 bits per heavy atom. The number of nitrogens with two attached hydrogens (primary N) is 1. The lowest BCUT2D eigenvalue weighted by atomic mass is 10.1. The number of likely N-dealkylation sites (N-methyl/N-ethyl adjacent to an activating group) is 2. The number of hydrogen-bond donors (Lipinski definition) is 1. The van der Waals surface area contributed by atoms with Gasteiger partial charge in [0.1, 0.15) is 23.7 Å². The van der Waals surface area contributed by atoms with Crippen molar-refractivity contribution in [2.45, 2.75) is 18.9 Å². The molecule has 36 heavy (non-hydrogen) atoms. The predicted molar refractivity (Wildman–Crippen MR) is 140 cm³/mol. The number of nitrogens with zero attached hydrogens (tertiary/aromatic N) is 6. The van der Waals surface area contributed by atoms with Gasteiger partial charge in [-0.05, 0) is 44.2 Å². The number of hydrogen-bond acceptors (Lipinski definition) is 6. The zero-order valence-corrected chi connectivity index (χ0v) is 20.7. The van der Waals surface area contributed by atoms with Crippen LogP contribution in [0.1, 0.15) is 12.8 Å². The standard InChI is InChI=1S/C26H25ClFN7O/c1-33(18-9-10-18)13-3-4-22(36)34(2)21-12-11-19(14-20(21)28)35-26-23(25(29)30-15-31-26)24(32-35)16-5-7-17(27)8-6-16/h3-8,11-12,14-15,18H,9-10,13H2,1-2H3,(H2,29,30,31). The van der Waals surface area contributed by atoms with Gasteiger partial charge >= 0.3 is 0 Å². The summed E-state index contributed by atoms with van der Waals surface area (Å²) in [5.74, 6) is -0.607. The molecule has 1 aliphatic rings. The average Bonchev–Trinajstić information content (AvgIpc) is 3.65. The van der Waals surface area contributed by atoms with Gasteiger partial charge < -0.3 is 10.6 Å². The summed E-state index contributed by atoms with van der Waals surface area (Å²) in [7, 11) is 3.58. The number of halogens is 2. The highest BCUT2D eigenvalue weighted by molar-refractivity contribution is 6.30. The maximum Gasteiger partial charge on any atom is 0.250 e. The number of anilines is 2. The second kappa shape index (κ2) is 9.67. The molecule has 1 aliphatic carbocycles. The Labute approximate surface area is 212 Å². The molecule has 5 rings (SSSR count). The Morgan fingerprint density at radius 3 is 2.64 bits per heavy atom. The van der Waals surface area contributed by atoms with E-state index >= 15 is 4.39 Å². The Kier molecular flexibility index (Phi) is 6.42. The van der Waals surface area contributed by atoms with Gasteiger partial charge in [-0.1, -0.05) is 29.8 Å². The molecule has 1 fully saturated rings. The van der Waals surface area contributed by atoms with E-state index in [1.165, 1.54) is 40.9 Å². The predicted octanol–water partition coefficient (Wildman–Crippen LogP) is 4.47. The van der Waals surface area contributed by atoms with Crippen LogP contribution in [0.5, 0.6) is 0 Å². The Morgan fingerprint density at radius 2 is 1.94 bits per heavy atom. The van der Waals surface area contributed by atoms with Crippen molar-refractivity contribution >= 4 is 40.0 Å². The molecule has 0 spiro atoms. The van der Waals surface area contributed by atoms with Gasteiger partial charge in [-0.3, -0.25) is 9.69 Å². The third-order valence-corrected chi connectivity index (χ3v) is 6.56. The van der Waals surface area contributed by atoms with Crippen molar-refractivity contribution < 1.29 is 9.18 Å². The van der Waals surface area contributed by atoms with Crippen molar-refractivity contribution in [3.63, 3.8) is 0 Å². The number of benzene rings is 2. The summed E-state index contributed by atoms with van der Waals surface area (Å²) < 4.78 is 16.7. The fourth-order valence-electron chi connectivity index (χ4n) is 4.08. The van der Waals surface area contributed by atoms with E-state index in [2.05, 4.69) is 20.0 Å². The third-order valence-electron chi connectivity index (χ3n) is 6.30. The van der Waals surface area contributed by atoms with Gasteiger partial charge in [0.25, 0.3) is 5.91 Å². The Hall–Kier alpha value is -3.82. The van der Waals surface area contributed by atoms with Crippen LogP contribution in [0, 0.1) is 5.82 Å². The van der Waals surface area contributed by atoms with Crippen molar-refractivity contribution in [2.24, 2.45) is 0 Å². The van der Waals surface area contributed by atoms with Crippen molar-refractivity contribution in [1.29, 1.82) is 0 Å². The molecule has 0 radical (unpaired) electrons. The highest BCUT2D eigenvalue weighted by Crippen LogP contribution is 2.33. The van der Waals surface area contributed by atoms with Gasteiger partial charge in [-0.25, -0.2) is 19.0 Å². The molecule has 10 heteroatoms. The van der Waals surface area contributed by atoms with Gasteiger partial charge in [-0.15, -0.1) is 0 Å². The molecule has 0 bridgehead atoms. The zero-order valence-electron chi connectivity index (χ0n) is 19.9.